The second kappa shape index (κ2) is 4.99. The molecule has 0 aromatic carbocycles. The van der Waals surface area contributed by atoms with Crippen molar-refractivity contribution in [2.45, 2.75) is 40.0 Å². The number of furan rings is 1. The third-order valence-corrected chi connectivity index (χ3v) is 2.79. The Hall–Kier alpha value is -1.05. The summed E-state index contributed by atoms with van der Waals surface area (Å²) in [5.41, 5.74) is 0.747. The minimum absolute atomic E-state index is 0.213. The fraction of sp³-hybridized carbons (Fsp3) is 0.583. The average Bonchev–Trinajstić information content (AvgIpc) is 2.60. The molecule has 78 valence electrons. The molecule has 0 bridgehead atoms. The Labute approximate surface area is 85.3 Å². The molecular formula is C12H18O2. The van der Waals surface area contributed by atoms with Gasteiger partial charge in [0.1, 0.15) is 5.76 Å². The molecule has 0 amide bonds. The van der Waals surface area contributed by atoms with E-state index in [9.17, 15) is 4.79 Å². The smallest absolute Gasteiger partial charge is 0.166 e. The Morgan fingerprint density at radius 2 is 2.07 bits per heavy atom. The van der Waals surface area contributed by atoms with E-state index < -0.39 is 0 Å². The van der Waals surface area contributed by atoms with E-state index in [2.05, 4.69) is 13.8 Å². The lowest BCUT2D eigenvalue weighted by atomic mass is 9.94. The van der Waals surface area contributed by atoms with Crippen LogP contribution in [-0.4, -0.2) is 5.78 Å². The number of aryl methyl sites for hydroxylation is 1. The van der Waals surface area contributed by atoms with Crippen molar-refractivity contribution >= 4 is 5.78 Å². The molecule has 0 fully saturated rings. The highest BCUT2D eigenvalue weighted by Crippen LogP contribution is 2.18. The van der Waals surface area contributed by atoms with Crippen molar-refractivity contribution in [2.24, 2.45) is 5.92 Å². The molecular weight excluding hydrogens is 176 g/mol. The molecule has 0 aliphatic rings. The Kier molecular flexibility index (Phi) is 3.93. The van der Waals surface area contributed by atoms with Crippen LogP contribution in [0.5, 0.6) is 0 Å². The van der Waals surface area contributed by atoms with E-state index in [1.807, 2.05) is 6.92 Å². The largest absolute Gasteiger partial charge is 0.469 e. The van der Waals surface area contributed by atoms with Crippen LogP contribution in [-0.2, 0) is 0 Å². The number of ketones is 1. The molecule has 1 rings (SSSR count). The van der Waals surface area contributed by atoms with Gasteiger partial charge in [-0.25, -0.2) is 0 Å². The molecule has 0 saturated heterocycles. The van der Waals surface area contributed by atoms with Crippen molar-refractivity contribution in [2.75, 3.05) is 0 Å². The number of hydrogen-bond acceptors (Lipinski definition) is 2. The van der Waals surface area contributed by atoms with Gasteiger partial charge in [-0.15, -0.1) is 0 Å². The fourth-order valence-electron chi connectivity index (χ4n) is 1.62. The van der Waals surface area contributed by atoms with Gasteiger partial charge in [-0.05, 0) is 18.9 Å². The predicted molar refractivity (Wildman–Crippen MR) is 56.5 cm³/mol. The molecule has 0 unspecified atom stereocenters. The number of Topliss-reactive ketones (excluding diaryl/α,β-unsaturated/α-hetero) is 1. The highest BCUT2D eigenvalue weighted by Gasteiger charge is 2.15. The lowest BCUT2D eigenvalue weighted by Crippen LogP contribution is -2.07. The molecule has 0 aliphatic carbocycles. The van der Waals surface area contributed by atoms with Crippen LogP contribution < -0.4 is 0 Å². The van der Waals surface area contributed by atoms with Gasteiger partial charge in [0, 0.05) is 6.42 Å². The van der Waals surface area contributed by atoms with Gasteiger partial charge in [-0.3, -0.25) is 4.79 Å². The van der Waals surface area contributed by atoms with Crippen molar-refractivity contribution < 1.29 is 9.21 Å². The van der Waals surface area contributed by atoms with Crippen molar-refractivity contribution in [3.8, 4) is 0 Å². The molecule has 0 aliphatic heterocycles. The molecule has 2 heteroatoms. The van der Waals surface area contributed by atoms with Crippen LogP contribution in [0, 0.1) is 12.8 Å². The van der Waals surface area contributed by atoms with Gasteiger partial charge < -0.3 is 4.42 Å². The maximum Gasteiger partial charge on any atom is 0.166 e. The van der Waals surface area contributed by atoms with E-state index in [1.165, 1.54) is 0 Å². The summed E-state index contributed by atoms with van der Waals surface area (Å²) in [5, 5.41) is 0. The second-order valence-electron chi connectivity index (χ2n) is 3.70. The third-order valence-electron chi connectivity index (χ3n) is 2.79. The van der Waals surface area contributed by atoms with Crippen molar-refractivity contribution in [1.29, 1.82) is 0 Å². The standard InChI is InChI=1S/C12H18O2/c1-4-10(5-2)8-12(13)11-6-7-14-9(11)3/h6-7,10H,4-5,8H2,1-3H3. The topological polar surface area (TPSA) is 30.2 Å². The number of carbonyl (C=O) groups is 1. The van der Waals surface area contributed by atoms with Gasteiger partial charge in [0.15, 0.2) is 5.78 Å². The highest BCUT2D eigenvalue weighted by molar-refractivity contribution is 5.97. The van der Waals surface area contributed by atoms with Gasteiger partial charge in [0.25, 0.3) is 0 Å². The summed E-state index contributed by atoms with van der Waals surface area (Å²) < 4.78 is 5.11. The number of carbonyl (C=O) groups excluding carboxylic acids is 1. The third kappa shape index (κ3) is 2.47. The first kappa shape index (κ1) is 11.0. The van der Waals surface area contributed by atoms with Crippen molar-refractivity contribution in [3.63, 3.8) is 0 Å². The van der Waals surface area contributed by atoms with Crippen LogP contribution in [0.3, 0.4) is 0 Å². The molecule has 1 aromatic rings. The molecule has 1 heterocycles. The van der Waals surface area contributed by atoms with E-state index in [0.29, 0.717) is 12.3 Å². The van der Waals surface area contributed by atoms with Crippen molar-refractivity contribution in [1.82, 2.24) is 0 Å². The molecule has 14 heavy (non-hydrogen) atoms. The lowest BCUT2D eigenvalue weighted by molar-refractivity contribution is 0.0957. The average molecular weight is 194 g/mol. The first-order valence-electron chi connectivity index (χ1n) is 5.26. The first-order chi connectivity index (χ1) is 6.69. The van der Waals surface area contributed by atoms with Gasteiger partial charge in [-0.2, -0.15) is 0 Å². The molecule has 2 nitrogen and oxygen atoms in total. The predicted octanol–water partition coefficient (Wildman–Crippen LogP) is 3.60. The summed E-state index contributed by atoms with van der Waals surface area (Å²) in [7, 11) is 0. The molecule has 1 aromatic heterocycles. The Morgan fingerprint density at radius 3 is 2.50 bits per heavy atom. The molecule has 0 spiro atoms. The molecule has 0 saturated carbocycles. The molecule has 0 N–H and O–H groups in total. The number of hydrogen-bond donors (Lipinski definition) is 0. The second-order valence-corrected chi connectivity index (χ2v) is 3.70. The van der Waals surface area contributed by atoms with Gasteiger partial charge in [0.05, 0.1) is 11.8 Å². The van der Waals surface area contributed by atoms with Crippen LogP contribution in [0.25, 0.3) is 0 Å². The highest BCUT2D eigenvalue weighted by atomic mass is 16.3. The first-order valence-corrected chi connectivity index (χ1v) is 5.26. The monoisotopic (exact) mass is 194 g/mol. The molecule has 0 radical (unpaired) electrons. The van der Waals surface area contributed by atoms with E-state index in [-0.39, 0.29) is 5.78 Å². The SMILES string of the molecule is CCC(CC)CC(=O)c1ccoc1C. The van der Waals surface area contributed by atoms with E-state index in [4.69, 9.17) is 4.42 Å². The Morgan fingerprint density at radius 1 is 1.43 bits per heavy atom. The zero-order valence-corrected chi connectivity index (χ0v) is 9.17. The lowest BCUT2D eigenvalue weighted by Gasteiger charge is -2.09. The van der Waals surface area contributed by atoms with Gasteiger partial charge in [-0.1, -0.05) is 26.7 Å². The molecule has 0 atom stereocenters. The minimum Gasteiger partial charge on any atom is -0.469 e. The van der Waals surface area contributed by atoms with Crippen LogP contribution >= 0.6 is 0 Å². The number of rotatable bonds is 5. The summed E-state index contributed by atoms with van der Waals surface area (Å²) >= 11 is 0. The zero-order valence-electron chi connectivity index (χ0n) is 9.17. The van der Waals surface area contributed by atoms with E-state index in [1.54, 1.807) is 12.3 Å². The summed E-state index contributed by atoms with van der Waals surface area (Å²) in [5.74, 6) is 1.46. The normalized spacial score (nSPS) is 10.9. The van der Waals surface area contributed by atoms with Gasteiger partial charge >= 0.3 is 0 Å². The van der Waals surface area contributed by atoms with E-state index >= 15 is 0 Å². The Balaban J connectivity index is 2.63. The summed E-state index contributed by atoms with van der Waals surface area (Å²) in [6.07, 6.45) is 4.36. The maximum absolute atomic E-state index is 11.8. The van der Waals surface area contributed by atoms with Crippen molar-refractivity contribution in [3.05, 3.63) is 23.7 Å². The summed E-state index contributed by atoms with van der Waals surface area (Å²) in [6, 6.07) is 1.76. The van der Waals surface area contributed by atoms with Crippen LogP contribution in [0.1, 0.15) is 49.2 Å². The summed E-state index contributed by atoms with van der Waals surface area (Å²) in [6.45, 7) is 6.09. The zero-order chi connectivity index (χ0) is 10.6. The quantitative estimate of drug-likeness (QED) is 0.670. The van der Waals surface area contributed by atoms with Crippen LogP contribution in [0.4, 0.5) is 0 Å². The summed E-state index contributed by atoms with van der Waals surface area (Å²) in [4.78, 5) is 11.8. The van der Waals surface area contributed by atoms with Crippen LogP contribution in [0.2, 0.25) is 0 Å². The van der Waals surface area contributed by atoms with Crippen LogP contribution in [0.15, 0.2) is 16.7 Å². The maximum atomic E-state index is 11.8. The van der Waals surface area contributed by atoms with Gasteiger partial charge in [0.2, 0.25) is 0 Å². The van der Waals surface area contributed by atoms with E-state index in [0.717, 1.165) is 24.2 Å². The Bertz CT molecular complexity index is 295. The minimum atomic E-state index is 0.213. The fourth-order valence-corrected chi connectivity index (χ4v) is 1.62.